The van der Waals surface area contributed by atoms with Gasteiger partial charge >= 0.3 is 0 Å². The number of nitrogens with zero attached hydrogens (tertiary/aromatic N) is 3. The molecule has 0 amide bonds. The van der Waals surface area contributed by atoms with Crippen LogP contribution in [-0.4, -0.2) is 40.1 Å². The lowest BCUT2D eigenvalue weighted by molar-refractivity contribution is 0.193. The molecule has 0 saturated carbocycles. The lowest BCUT2D eigenvalue weighted by Gasteiger charge is -2.31. The summed E-state index contributed by atoms with van der Waals surface area (Å²) in [5.74, 6) is 1.16. The second-order valence-corrected chi connectivity index (χ2v) is 5.55. The predicted octanol–water partition coefficient (Wildman–Crippen LogP) is 2.15. The third kappa shape index (κ3) is 4.30. The number of hydrogen-bond acceptors (Lipinski definition) is 3. The van der Waals surface area contributed by atoms with E-state index in [0.29, 0.717) is 6.04 Å². The highest BCUT2D eigenvalue weighted by Crippen LogP contribution is 2.09. The Morgan fingerprint density at radius 1 is 1.24 bits per heavy atom. The highest BCUT2D eigenvalue weighted by Gasteiger charge is 2.17. The molecule has 114 valence electrons. The van der Waals surface area contributed by atoms with E-state index < -0.39 is 0 Å². The molecule has 5 heteroatoms. The highest BCUT2D eigenvalue weighted by atomic mass is 35.5. The van der Waals surface area contributed by atoms with Gasteiger partial charge in [-0.3, -0.25) is 4.90 Å². The normalized spacial score (nSPS) is 19.2. The van der Waals surface area contributed by atoms with Crippen molar-refractivity contribution < 1.29 is 0 Å². The summed E-state index contributed by atoms with van der Waals surface area (Å²) >= 11 is 0. The van der Waals surface area contributed by atoms with Gasteiger partial charge in [0.1, 0.15) is 5.82 Å². The van der Waals surface area contributed by atoms with Gasteiger partial charge in [-0.2, -0.15) is 0 Å². The van der Waals surface area contributed by atoms with E-state index >= 15 is 0 Å². The zero-order valence-corrected chi connectivity index (χ0v) is 13.2. The molecular formula is C16H23ClN4. The van der Waals surface area contributed by atoms with Crippen molar-refractivity contribution in [3.63, 3.8) is 0 Å². The van der Waals surface area contributed by atoms with Crippen LogP contribution in [0.4, 0.5) is 0 Å². The summed E-state index contributed by atoms with van der Waals surface area (Å²) in [6.07, 6.45) is 3.98. The SMILES string of the molecule is C[C@@H]1CN(Cc2nccn2Cc2ccccc2)CCN1.Cl. The maximum atomic E-state index is 4.53. The van der Waals surface area contributed by atoms with Crippen LogP contribution in [0.15, 0.2) is 42.7 Å². The van der Waals surface area contributed by atoms with Gasteiger partial charge in [0.15, 0.2) is 0 Å². The Morgan fingerprint density at radius 3 is 2.81 bits per heavy atom. The smallest absolute Gasteiger partial charge is 0.123 e. The Bertz CT molecular complexity index is 540. The predicted molar refractivity (Wildman–Crippen MR) is 87.8 cm³/mol. The standard InChI is InChI=1S/C16H22N4.ClH/c1-14-11-19(9-7-17-14)13-16-18-8-10-20(16)12-15-5-3-2-4-6-15;/h2-6,8,10,14,17H,7,9,11-13H2,1H3;1H/t14-;/m1./s1. The van der Waals surface area contributed by atoms with Gasteiger partial charge in [-0.15, -0.1) is 12.4 Å². The first-order chi connectivity index (χ1) is 9.81. The maximum Gasteiger partial charge on any atom is 0.123 e. The number of aromatic nitrogens is 2. The number of nitrogens with one attached hydrogen (secondary N) is 1. The molecule has 3 rings (SSSR count). The largest absolute Gasteiger partial charge is 0.329 e. The van der Waals surface area contributed by atoms with Crippen LogP contribution in [-0.2, 0) is 13.1 Å². The fraction of sp³-hybridized carbons (Fsp3) is 0.438. The van der Waals surface area contributed by atoms with Gasteiger partial charge in [0.2, 0.25) is 0 Å². The number of piperazine rings is 1. The van der Waals surface area contributed by atoms with E-state index in [1.165, 1.54) is 5.56 Å². The zero-order chi connectivity index (χ0) is 13.8. The van der Waals surface area contributed by atoms with Crippen LogP contribution in [0.5, 0.6) is 0 Å². The molecule has 1 atom stereocenters. The molecule has 1 aromatic carbocycles. The van der Waals surface area contributed by atoms with E-state index in [4.69, 9.17) is 0 Å². The monoisotopic (exact) mass is 306 g/mol. The Hall–Kier alpha value is -1.36. The van der Waals surface area contributed by atoms with E-state index in [2.05, 4.69) is 63.2 Å². The first-order valence-electron chi connectivity index (χ1n) is 7.31. The molecule has 1 fully saturated rings. The Labute approximate surface area is 132 Å². The second kappa shape index (κ2) is 7.59. The van der Waals surface area contributed by atoms with E-state index in [-0.39, 0.29) is 12.4 Å². The number of benzene rings is 1. The molecule has 4 nitrogen and oxygen atoms in total. The molecule has 1 N–H and O–H groups in total. The van der Waals surface area contributed by atoms with Gasteiger partial charge in [-0.25, -0.2) is 4.98 Å². The van der Waals surface area contributed by atoms with Crippen LogP contribution < -0.4 is 5.32 Å². The van der Waals surface area contributed by atoms with Crippen LogP contribution >= 0.6 is 12.4 Å². The molecule has 1 aliphatic heterocycles. The summed E-state index contributed by atoms with van der Waals surface area (Å²) in [5, 5.41) is 3.48. The zero-order valence-electron chi connectivity index (χ0n) is 12.4. The summed E-state index contributed by atoms with van der Waals surface area (Å²) in [4.78, 5) is 7.01. The molecule has 21 heavy (non-hydrogen) atoms. The van der Waals surface area contributed by atoms with Gasteiger partial charge in [0.25, 0.3) is 0 Å². The third-order valence-electron chi connectivity index (χ3n) is 3.82. The third-order valence-corrected chi connectivity index (χ3v) is 3.82. The molecule has 0 radical (unpaired) electrons. The van der Waals surface area contributed by atoms with Gasteiger partial charge in [-0.1, -0.05) is 30.3 Å². The van der Waals surface area contributed by atoms with Gasteiger partial charge in [-0.05, 0) is 12.5 Å². The summed E-state index contributed by atoms with van der Waals surface area (Å²) in [6, 6.07) is 11.1. The summed E-state index contributed by atoms with van der Waals surface area (Å²) in [6.45, 7) is 7.34. The molecule has 2 heterocycles. The number of imidazole rings is 1. The molecule has 0 bridgehead atoms. The van der Waals surface area contributed by atoms with Crippen LogP contribution in [0.2, 0.25) is 0 Å². The molecule has 0 spiro atoms. The topological polar surface area (TPSA) is 33.1 Å². The van der Waals surface area contributed by atoms with Crippen molar-refractivity contribution in [2.24, 2.45) is 0 Å². The summed E-state index contributed by atoms with van der Waals surface area (Å²) in [5.41, 5.74) is 1.32. The van der Waals surface area contributed by atoms with E-state index in [1.54, 1.807) is 0 Å². The molecule has 0 aliphatic carbocycles. The molecule has 2 aromatic rings. The van der Waals surface area contributed by atoms with E-state index in [9.17, 15) is 0 Å². The molecule has 1 aromatic heterocycles. The minimum Gasteiger partial charge on any atom is -0.329 e. The first-order valence-corrected chi connectivity index (χ1v) is 7.31. The minimum atomic E-state index is 0. The fourth-order valence-electron chi connectivity index (χ4n) is 2.77. The van der Waals surface area contributed by atoms with Crippen molar-refractivity contribution in [1.29, 1.82) is 0 Å². The number of rotatable bonds is 4. The molecular weight excluding hydrogens is 284 g/mol. The maximum absolute atomic E-state index is 4.53. The molecule has 1 saturated heterocycles. The highest BCUT2D eigenvalue weighted by molar-refractivity contribution is 5.85. The lowest BCUT2D eigenvalue weighted by Crippen LogP contribution is -2.48. The molecule has 1 aliphatic rings. The minimum absolute atomic E-state index is 0. The van der Waals surface area contributed by atoms with E-state index in [1.807, 2.05) is 6.20 Å². The Kier molecular flexibility index (Phi) is 5.79. The number of hydrogen-bond donors (Lipinski definition) is 1. The van der Waals surface area contributed by atoms with Crippen molar-refractivity contribution in [2.45, 2.75) is 26.1 Å². The number of halogens is 1. The van der Waals surface area contributed by atoms with Gasteiger partial charge in [0.05, 0.1) is 6.54 Å². The fourth-order valence-corrected chi connectivity index (χ4v) is 2.77. The van der Waals surface area contributed by atoms with E-state index in [0.717, 1.165) is 38.5 Å². The van der Waals surface area contributed by atoms with Crippen molar-refractivity contribution in [2.75, 3.05) is 19.6 Å². The van der Waals surface area contributed by atoms with Crippen LogP contribution in [0.1, 0.15) is 18.3 Å². The summed E-state index contributed by atoms with van der Waals surface area (Å²) in [7, 11) is 0. The van der Waals surface area contributed by atoms with Crippen LogP contribution in [0, 0.1) is 0 Å². The van der Waals surface area contributed by atoms with Crippen LogP contribution in [0.3, 0.4) is 0 Å². The van der Waals surface area contributed by atoms with Crippen molar-refractivity contribution in [3.05, 3.63) is 54.1 Å². The van der Waals surface area contributed by atoms with Crippen molar-refractivity contribution in [1.82, 2.24) is 19.8 Å². The molecule has 0 unspecified atom stereocenters. The average Bonchev–Trinajstić information content (AvgIpc) is 2.87. The summed E-state index contributed by atoms with van der Waals surface area (Å²) < 4.78 is 2.25. The van der Waals surface area contributed by atoms with Crippen LogP contribution in [0.25, 0.3) is 0 Å². The quantitative estimate of drug-likeness (QED) is 0.939. The Morgan fingerprint density at radius 2 is 2.05 bits per heavy atom. The second-order valence-electron chi connectivity index (χ2n) is 5.55. The lowest BCUT2D eigenvalue weighted by atomic mass is 10.2. The first kappa shape index (κ1) is 16.0. The van der Waals surface area contributed by atoms with Gasteiger partial charge in [0, 0.05) is 44.6 Å². The van der Waals surface area contributed by atoms with Crippen molar-refractivity contribution >= 4 is 12.4 Å². The average molecular weight is 307 g/mol. The van der Waals surface area contributed by atoms with Gasteiger partial charge < -0.3 is 9.88 Å². The van der Waals surface area contributed by atoms with Crippen molar-refractivity contribution in [3.8, 4) is 0 Å². The Balaban J connectivity index is 0.00000161.